The zero-order valence-electron chi connectivity index (χ0n) is 18.4. The summed E-state index contributed by atoms with van der Waals surface area (Å²) < 4.78 is 0.349. The maximum atomic E-state index is 5.62. The average molecular weight is 418 g/mol. The Kier molecular flexibility index (Phi) is 22.7. The largest absolute Gasteiger partial charge is 0.387 e. The molecule has 0 saturated carbocycles. The highest BCUT2D eigenvalue weighted by atomic mass is 32.1. The van der Waals surface area contributed by atoms with Crippen LogP contribution in [0.3, 0.4) is 0 Å². The molecule has 162 valence electrons. The Bertz CT molecular complexity index is 291. The zero-order valence-corrected chi connectivity index (χ0v) is 20.1. The van der Waals surface area contributed by atoms with Crippen molar-refractivity contribution < 1.29 is 4.84 Å². The lowest BCUT2D eigenvalue weighted by molar-refractivity contribution is -0.0676. The van der Waals surface area contributed by atoms with E-state index in [1.165, 1.54) is 116 Å². The van der Waals surface area contributed by atoms with Gasteiger partial charge in [0.2, 0.25) is 4.38 Å². The number of hydrogen-bond donors (Lipinski definition) is 1. The SMILES string of the molecule is CCCCCCCCCCCN(CCCCCCCCCCC)OC(=S)S. The molecule has 0 radical (unpaired) electrons. The van der Waals surface area contributed by atoms with Crippen LogP contribution in [0.2, 0.25) is 0 Å². The predicted molar refractivity (Wildman–Crippen MR) is 129 cm³/mol. The lowest BCUT2D eigenvalue weighted by Crippen LogP contribution is -2.27. The highest BCUT2D eigenvalue weighted by Gasteiger charge is 2.07. The van der Waals surface area contributed by atoms with E-state index in [4.69, 9.17) is 17.1 Å². The fourth-order valence-electron chi connectivity index (χ4n) is 3.51. The van der Waals surface area contributed by atoms with E-state index in [0.29, 0.717) is 4.38 Å². The minimum absolute atomic E-state index is 0.349. The third kappa shape index (κ3) is 22.4. The van der Waals surface area contributed by atoms with Crippen molar-refractivity contribution in [3.63, 3.8) is 0 Å². The van der Waals surface area contributed by atoms with E-state index >= 15 is 0 Å². The van der Waals surface area contributed by atoms with Crippen molar-refractivity contribution in [2.24, 2.45) is 0 Å². The summed E-state index contributed by atoms with van der Waals surface area (Å²) >= 11 is 9.16. The predicted octanol–water partition coefficient (Wildman–Crippen LogP) is 8.50. The smallest absolute Gasteiger partial charge is 0.241 e. The number of hydrogen-bond acceptors (Lipinski definition) is 3. The number of thiocarbonyl (C=S) groups is 1. The second-order valence-electron chi connectivity index (χ2n) is 7.94. The van der Waals surface area contributed by atoms with E-state index in [9.17, 15) is 0 Å². The first-order valence-electron chi connectivity index (χ1n) is 11.9. The van der Waals surface area contributed by atoms with Crippen LogP contribution in [0, 0.1) is 0 Å². The summed E-state index contributed by atoms with van der Waals surface area (Å²) in [6.45, 7) is 6.51. The molecule has 0 aromatic heterocycles. The summed E-state index contributed by atoms with van der Waals surface area (Å²) in [7, 11) is 0. The molecule has 0 N–H and O–H groups in total. The minimum atomic E-state index is 0.349. The van der Waals surface area contributed by atoms with Crippen LogP contribution in [-0.2, 0) is 4.84 Å². The van der Waals surface area contributed by atoms with Crippen LogP contribution in [0.15, 0.2) is 0 Å². The van der Waals surface area contributed by atoms with E-state index in [1.807, 2.05) is 5.06 Å². The molecule has 0 aliphatic rings. The molecule has 0 rings (SSSR count). The van der Waals surface area contributed by atoms with E-state index in [2.05, 4.69) is 26.5 Å². The summed E-state index contributed by atoms with van der Waals surface area (Å²) in [6.07, 6.45) is 24.4. The summed E-state index contributed by atoms with van der Waals surface area (Å²) in [5.74, 6) is 0. The quantitative estimate of drug-likeness (QED) is 0.0870. The van der Waals surface area contributed by atoms with Gasteiger partial charge in [-0.3, -0.25) is 0 Å². The average Bonchev–Trinajstić information content (AvgIpc) is 2.64. The van der Waals surface area contributed by atoms with Gasteiger partial charge in [-0.2, -0.15) is 0 Å². The van der Waals surface area contributed by atoms with Gasteiger partial charge in [-0.25, -0.2) is 0 Å². The molecule has 0 aromatic carbocycles. The standard InChI is InChI=1S/C23H47NOS2/c1-3-5-7-9-11-13-15-17-19-21-24(25-23(26)27)22-20-18-16-14-12-10-8-6-4-2/h3-22H2,1-2H3,(H,26,27). The second kappa shape index (κ2) is 22.5. The Hall–Kier alpha value is 0.200. The van der Waals surface area contributed by atoms with Gasteiger partial charge in [0.05, 0.1) is 0 Å². The van der Waals surface area contributed by atoms with Gasteiger partial charge in [0.25, 0.3) is 0 Å². The zero-order chi connectivity index (χ0) is 20.0. The first kappa shape index (κ1) is 27.2. The summed E-state index contributed by atoms with van der Waals surface area (Å²) in [4.78, 5) is 5.62. The minimum Gasteiger partial charge on any atom is -0.387 e. The van der Waals surface area contributed by atoms with Crippen LogP contribution in [0.1, 0.15) is 129 Å². The maximum Gasteiger partial charge on any atom is 0.241 e. The molecule has 4 heteroatoms. The third-order valence-electron chi connectivity index (χ3n) is 5.23. The van der Waals surface area contributed by atoms with Gasteiger partial charge in [-0.05, 0) is 25.1 Å². The van der Waals surface area contributed by atoms with Crippen LogP contribution < -0.4 is 0 Å². The molecule has 0 heterocycles. The number of nitrogens with zero attached hydrogens (tertiary/aromatic N) is 1. The van der Waals surface area contributed by atoms with Crippen LogP contribution in [0.5, 0.6) is 0 Å². The molecular formula is C23H47NOS2. The van der Waals surface area contributed by atoms with Gasteiger partial charge in [0.1, 0.15) is 0 Å². The molecule has 0 atom stereocenters. The molecule has 27 heavy (non-hydrogen) atoms. The van der Waals surface area contributed by atoms with Gasteiger partial charge in [0, 0.05) is 13.1 Å². The molecule has 0 aromatic rings. The fourth-order valence-corrected chi connectivity index (χ4v) is 3.73. The number of hydroxylamine groups is 2. The van der Waals surface area contributed by atoms with Crippen molar-refractivity contribution >= 4 is 29.2 Å². The second-order valence-corrected chi connectivity index (χ2v) is 9.02. The van der Waals surface area contributed by atoms with Crippen molar-refractivity contribution in [3.05, 3.63) is 0 Å². The maximum absolute atomic E-state index is 5.62. The van der Waals surface area contributed by atoms with Gasteiger partial charge >= 0.3 is 0 Å². The Morgan fingerprint density at radius 2 is 0.889 bits per heavy atom. The Labute approximate surface area is 181 Å². The topological polar surface area (TPSA) is 12.5 Å². The fraction of sp³-hybridized carbons (Fsp3) is 0.957. The lowest BCUT2D eigenvalue weighted by Gasteiger charge is -2.21. The number of thiol groups is 1. The van der Waals surface area contributed by atoms with E-state index < -0.39 is 0 Å². The molecule has 0 aliphatic carbocycles. The first-order chi connectivity index (χ1) is 13.2. The summed E-state index contributed by atoms with van der Waals surface area (Å²) in [5, 5.41) is 2.04. The van der Waals surface area contributed by atoms with Crippen LogP contribution >= 0.6 is 24.8 Å². The van der Waals surface area contributed by atoms with Crippen molar-refractivity contribution in [2.45, 2.75) is 129 Å². The van der Waals surface area contributed by atoms with E-state index in [-0.39, 0.29) is 0 Å². The van der Waals surface area contributed by atoms with Crippen molar-refractivity contribution in [2.75, 3.05) is 13.1 Å². The summed E-state index contributed by atoms with van der Waals surface area (Å²) in [6, 6.07) is 0. The van der Waals surface area contributed by atoms with Gasteiger partial charge in [-0.1, -0.05) is 129 Å². The molecule has 0 bridgehead atoms. The molecule has 0 spiro atoms. The third-order valence-corrected chi connectivity index (χ3v) is 5.39. The van der Waals surface area contributed by atoms with Crippen molar-refractivity contribution in [1.29, 1.82) is 0 Å². The highest BCUT2D eigenvalue weighted by Crippen LogP contribution is 2.12. The van der Waals surface area contributed by atoms with Crippen LogP contribution in [-0.4, -0.2) is 22.5 Å². The molecule has 0 aliphatic heterocycles. The molecule has 0 fully saturated rings. The normalized spacial score (nSPS) is 11.3. The Morgan fingerprint density at radius 1 is 0.593 bits per heavy atom. The number of rotatable bonds is 21. The molecule has 0 amide bonds. The van der Waals surface area contributed by atoms with Gasteiger partial charge in [-0.15, -0.1) is 5.06 Å². The Morgan fingerprint density at radius 3 is 1.19 bits per heavy atom. The van der Waals surface area contributed by atoms with Crippen LogP contribution in [0.4, 0.5) is 0 Å². The van der Waals surface area contributed by atoms with Crippen molar-refractivity contribution in [1.82, 2.24) is 5.06 Å². The molecule has 0 unspecified atom stereocenters. The van der Waals surface area contributed by atoms with Gasteiger partial charge < -0.3 is 4.84 Å². The molecular weight excluding hydrogens is 370 g/mol. The van der Waals surface area contributed by atoms with E-state index in [1.54, 1.807) is 0 Å². The molecule has 2 nitrogen and oxygen atoms in total. The number of unbranched alkanes of at least 4 members (excludes halogenated alkanes) is 16. The summed E-state index contributed by atoms with van der Waals surface area (Å²) in [5.41, 5.74) is 0. The Balaban J connectivity index is 3.58. The highest BCUT2D eigenvalue weighted by molar-refractivity contribution is 8.10. The molecule has 0 saturated heterocycles. The lowest BCUT2D eigenvalue weighted by atomic mass is 10.1. The monoisotopic (exact) mass is 417 g/mol. The van der Waals surface area contributed by atoms with E-state index in [0.717, 1.165) is 13.1 Å². The van der Waals surface area contributed by atoms with Crippen LogP contribution in [0.25, 0.3) is 0 Å². The first-order valence-corrected chi connectivity index (χ1v) is 12.7. The van der Waals surface area contributed by atoms with Gasteiger partial charge in [0.15, 0.2) is 0 Å². The van der Waals surface area contributed by atoms with Crippen molar-refractivity contribution in [3.8, 4) is 0 Å².